The van der Waals surface area contributed by atoms with Crippen LogP contribution in [0.2, 0.25) is 0 Å². The average molecular weight is 230 g/mol. The van der Waals surface area contributed by atoms with Crippen LogP contribution in [-0.4, -0.2) is 5.78 Å². The third-order valence-corrected chi connectivity index (χ3v) is 4.31. The van der Waals surface area contributed by atoms with Gasteiger partial charge in [-0.1, -0.05) is 51.1 Å². The number of hydrogen-bond donors (Lipinski definition) is 0. The van der Waals surface area contributed by atoms with Crippen molar-refractivity contribution in [2.75, 3.05) is 0 Å². The Kier molecular flexibility index (Phi) is 3.37. The SMILES string of the molecule is CC(C)[C@H]1CC[C@@](C)(C(=O)c2ccccc2)C1. The standard InChI is InChI=1S/C16H22O/c1-12(2)14-9-10-16(3,11-14)15(17)13-7-5-4-6-8-13/h4-8,12,14H,9-11H2,1-3H3/t14-,16+/m0/s1. The first-order valence-corrected chi connectivity index (χ1v) is 6.63. The van der Waals surface area contributed by atoms with Crippen molar-refractivity contribution in [3.8, 4) is 0 Å². The zero-order valence-corrected chi connectivity index (χ0v) is 11.1. The van der Waals surface area contributed by atoms with Gasteiger partial charge in [0.2, 0.25) is 0 Å². The molecule has 0 amide bonds. The van der Waals surface area contributed by atoms with Crippen LogP contribution in [-0.2, 0) is 0 Å². The molecule has 1 aromatic carbocycles. The van der Waals surface area contributed by atoms with E-state index in [0.717, 1.165) is 18.4 Å². The summed E-state index contributed by atoms with van der Waals surface area (Å²) in [5, 5.41) is 0. The molecule has 0 heterocycles. The maximum Gasteiger partial charge on any atom is 0.168 e. The van der Waals surface area contributed by atoms with Gasteiger partial charge in [0.15, 0.2) is 5.78 Å². The fraction of sp³-hybridized carbons (Fsp3) is 0.562. The quantitative estimate of drug-likeness (QED) is 0.706. The second-order valence-electron chi connectivity index (χ2n) is 6.00. The van der Waals surface area contributed by atoms with Gasteiger partial charge in [0.25, 0.3) is 0 Å². The molecule has 0 aromatic heterocycles. The third-order valence-electron chi connectivity index (χ3n) is 4.31. The first kappa shape index (κ1) is 12.3. The van der Waals surface area contributed by atoms with E-state index in [1.807, 2.05) is 30.3 Å². The van der Waals surface area contributed by atoms with Crippen LogP contribution in [0.3, 0.4) is 0 Å². The monoisotopic (exact) mass is 230 g/mol. The van der Waals surface area contributed by atoms with Crippen molar-refractivity contribution < 1.29 is 4.79 Å². The van der Waals surface area contributed by atoms with Gasteiger partial charge in [-0.05, 0) is 31.1 Å². The Morgan fingerprint density at radius 2 is 1.94 bits per heavy atom. The lowest BCUT2D eigenvalue weighted by molar-refractivity contribution is 0.0814. The van der Waals surface area contributed by atoms with E-state index >= 15 is 0 Å². The number of carbonyl (C=O) groups excluding carboxylic acids is 1. The second kappa shape index (κ2) is 4.64. The fourth-order valence-corrected chi connectivity index (χ4v) is 3.00. The number of Topliss-reactive ketones (excluding diaryl/α,β-unsaturated/α-hetero) is 1. The summed E-state index contributed by atoms with van der Waals surface area (Å²) in [4.78, 5) is 12.5. The van der Waals surface area contributed by atoms with Gasteiger partial charge in [-0.2, -0.15) is 0 Å². The molecule has 0 N–H and O–H groups in total. The molecule has 1 aromatic rings. The Labute approximate surface area is 104 Å². The largest absolute Gasteiger partial charge is 0.294 e. The van der Waals surface area contributed by atoms with Crippen LogP contribution in [0.4, 0.5) is 0 Å². The molecule has 0 bridgehead atoms. The lowest BCUT2D eigenvalue weighted by atomic mass is 9.79. The minimum atomic E-state index is -0.129. The number of carbonyl (C=O) groups is 1. The molecule has 0 spiro atoms. The van der Waals surface area contributed by atoms with Crippen LogP contribution in [0.5, 0.6) is 0 Å². The maximum atomic E-state index is 12.5. The molecule has 1 fully saturated rings. The molecule has 17 heavy (non-hydrogen) atoms. The lowest BCUT2D eigenvalue weighted by Crippen LogP contribution is -2.25. The van der Waals surface area contributed by atoms with Gasteiger partial charge in [-0.15, -0.1) is 0 Å². The van der Waals surface area contributed by atoms with Gasteiger partial charge in [0.05, 0.1) is 0 Å². The normalized spacial score (nSPS) is 28.6. The number of benzene rings is 1. The van der Waals surface area contributed by atoms with Crippen molar-refractivity contribution in [1.82, 2.24) is 0 Å². The van der Waals surface area contributed by atoms with E-state index in [0.29, 0.717) is 17.6 Å². The summed E-state index contributed by atoms with van der Waals surface area (Å²) >= 11 is 0. The summed E-state index contributed by atoms with van der Waals surface area (Å²) in [6.45, 7) is 6.68. The van der Waals surface area contributed by atoms with Crippen LogP contribution in [0.15, 0.2) is 30.3 Å². The maximum absolute atomic E-state index is 12.5. The highest BCUT2D eigenvalue weighted by Gasteiger charge is 2.41. The van der Waals surface area contributed by atoms with E-state index in [4.69, 9.17) is 0 Å². The molecule has 0 radical (unpaired) electrons. The summed E-state index contributed by atoms with van der Waals surface area (Å²) in [7, 11) is 0. The van der Waals surface area contributed by atoms with Gasteiger partial charge in [0, 0.05) is 11.0 Å². The number of ketones is 1. The highest BCUT2D eigenvalue weighted by Crippen LogP contribution is 2.46. The zero-order valence-electron chi connectivity index (χ0n) is 11.1. The van der Waals surface area contributed by atoms with Gasteiger partial charge in [-0.25, -0.2) is 0 Å². The zero-order chi connectivity index (χ0) is 12.5. The summed E-state index contributed by atoms with van der Waals surface area (Å²) in [5.74, 6) is 1.74. The highest BCUT2D eigenvalue weighted by atomic mass is 16.1. The Balaban J connectivity index is 2.16. The molecule has 1 aliphatic carbocycles. The summed E-state index contributed by atoms with van der Waals surface area (Å²) < 4.78 is 0. The Bertz CT molecular complexity index is 393. The van der Waals surface area contributed by atoms with Gasteiger partial charge in [-0.3, -0.25) is 4.79 Å². The first-order chi connectivity index (χ1) is 8.03. The van der Waals surface area contributed by atoms with Crippen LogP contribution in [0.1, 0.15) is 50.4 Å². The lowest BCUT2D eigenvalue weighted by Gasteiger charge is -2.23. The summed E-state index contributed by atoms with van der Waals surface area (Å²) in [5.41, 5.74) is 0.746. The van der Waals surface area contributed by atoms with Crippen molar-refractivity contribution in [3.05, 3.63) is 35.9 Å². The fourth-order valence-electron chi connectivity index (χ4n) is 3.00. The molecule has 0 saturated heterocycles. The molecular weight excluding hydrogens is 208 g/mol. The van der Waals surface area contributed by atoms with Crippen LogP contribution in [0, 0.1) is 17.3 Å². The minimum Gasteiger partial charge on any atom is -0.294 e. The molecule has 2 atom stereocenters. The highest BCUT2D eigenvalue weighted by molar-refractivity contribution is 6.00. The number of rotatable bonds is 3. The van der Waals surface area contributed by atoms with Crippen LogP contribution >= 0.6 is 0 Å². The minimum absolute atomic E-state index is 0.129. The van der Waals surface area contributed by atoms with Crippen molar-refractivity contribution in [3.63, 3.8) is 0 Å². The molecule has 0 unspecified atom stereocenters. The van der Waals surface area contributed by atoms with Crippen LogP contribution < -0.4 is 0 Å². The Morgan fingerprint density at radius 1 is 1.29 bits per heavy atom. The summed E-state index contributed by atoms with van der Waals surface area (Å²) in [6, 6.07) is 9.74. The first-order valence-electron chi connectivity index (χ1n) is 6.63. The molecule has 1 heteroatoms. The van der Waals surface area contributed by atoms with E-state index in [9.17, 15) is 4.79 Å². The van der Waals surface area contributed by atoms with Crippen molar-refractivity contribution >= 4 is 5.78 Å². The number of hydrogen-bond acceptors (Lipinski definition) is 1. The molecule has 1 nitrogen and oxygen atoms in total. The summed E-state index contributed by atoms with van der Waals surface area (Å²) in [6.07, 6.45) is 3.30. The average Bonchev–Trinajstić information content (AvgIpc) is 2.74. The predicted octanol–water partition coefficient (Wildman–Crippen LogP) is 4.33. The molecule has 92 valence electrons. The molecular formula is C16H22O. The molecule has 1 aliphatic rings. The van der Waals surface area contributed by atoms with E-state index in [1.165, 1.54) is 6.42 Å². The van der Waals surface area contributed by atoms with E-state index in [1.54, 1.807) is 0 Å². The predicted molar refractivity (Wildman–Crippen MR) is 71.1 cm³/mol. The van der Waals surface area contributed by atoms with E-state index in [2.05, 4.69) is 20.8 Å². The second-order valence-corrected chi connectivity index (χ2v) is 6.00. The Morgan fingerprint density at radius 3 is 2.47 bits per heavy atom. The third kappa shape index (κ3) is 2.43. The van der Waals surface area contributed by atoms with Gasteiger partial charge < -0.3 is 0 Å². The molecule has 2 rings (SSSR count). The Hall–Kier alpha value is -1.11. The topological polar surface area (TPSA) is 17.1 Å². The van der Waals surface area contributed by atoms with Crippen molar-refractivity contribution in [2.45, 2.75) is 40.0 Å². The van der Waals surface area contributed by atoms with Gasteiger partial charge in [0.1, 0.15) is 0 Å². The molecule has 0 aliphatic heterocycles. The van der Waals surface area contributed by atoms with Crippen molar-refractivity contribution in [2.24, 2.45) is 17.3 Å². The van der Waals surface area contributed by atoms with Gasteiger partial charge >= 0.3 is 0 Å². The van der Waals surface area contributed by atoms with E-state index < -0.39 is 0 Å². The molecule has 1 saturated carbocycles. The smallest absolute Gasteiger partial charge is 0.168 e. The van der Waals surface area contributed by atoms with Crippen molar-refractivity contribution in [1.29, 1.82) is 0 Å². The van der Waals surface area contributed by atoms with Crippen LogP contribution in [0.25, 0.3) is 0 Å². The van der Waals surface area contributed by atoms with E-state index in [-0.39, 0.29) is 5.41 Å².